The number of rotatable bonds is 7. The van der Waals surface area contributed by atoms with E-state index >= 15 is 0 Å². The second kappa shape index (κ2) is 9.21. The van der Waals surface area contributed by atoms with Crippen molar-refractivity contribution in [1.82, 2.24) is 5.32 Å². The largest absolute Gasteiger partial charge is 0.481 e. The summed E-state index contributed by atoms with van der Waals surface area (Å²) in [6, 6.07) is 12.9. The molecule has 5 heteroatoms. The van der Waals surface area contributed by atoms with E-state index < -0.39 is 6.10 Å². The molecule has 144 valence electrons. The van der Waals surface area contributed by atoms with Crippen LogP contribution in [0.15, 0.2) is 42.5 Å². The zero-order valence-electron chi connectivity index (χ0n) is 16.6. The highest BCUT2D eigenvalue weighted by molar-refractivity contribution is 6.04. The van der Waals surface area contributed by atoms with E-state index in [-0.39, 0.29) is 17.9 Å². The summed E-state index contributed by atoms with van der Waals surface area (Å²) in [7, 11) is 0. The summed E-state index contributed by atoms with van der Waals surface area (Å²) in [5.74, 6) is 0.160. The maximum atomic E-state index is 12.6. The Morgan fingerprint density at radius 2 is 1.78 bits per heavy atom. The first-order valence-electron chi connectivity index (χ1n) is 9.26. The summed E-state index contributed by atoms with van der Waals surface area (Å²) < 4.78 is 5.80. The fourth-order valence-corrected chi connectivity index (χ4v) is 2.60. The lowest BCUT2D eigenvalue weighted by Crippen LogP contribution is -2.34. The van der Waals surface area contributed by atoms with Gasteiger partial charge in [0.2, 0.25) is 0 Å². The van der Waals surface area contributed by atoms with Crippen LogP contribution < -0.4 is 15.4 Å². The van der Waals surface area contributed by atoms with E-state index in [0.29, 0.717) is 17.0 Å². The monoisotopic (exact) mass is 368 g/mol. The van der Waals surface area contributed by atoms with Crippen LogP contribution in [0.4, 0.5) is 5.69 Å². The Morgan fingerprint density at radius 1 is 1.07 bits per heavy atom. The van der Waals surface area contributed by atoms with Gasteiger partial charge in [-0.1, -0.05) is 36.8 Å². The Labute approximate surface area is 161 Å². The van der Waals surface area contributed by atoms with Crippen molar-refractivity contribution in [1.29, 1.82) is 0 Å². The lowest BCUT2D eigenvalue weighted by Gasteiger charge is -2.18. The number of carbonyl (C=O) groups excluding carboxylic acids is 2. The standard InChI is InChI=1S/C22H28N2O3/c1-6-16(4)23-22(26)18-9-7-8-10-19(18)24-21(25)17(5)27-20-12-11-14(2)13-15(20)3/h7-13,16-17H,6H2,1-5H3,(H,23,26)(H,24,25)/t16-,17+/m1/s1. The van der Waals surface area contributed by atoms with Crippen LogP contribution in [0.5, 0.6) is 5.75 Å². The van der Waals surface area contributed by atoms with Gasteiger partial charge in [0.25, 0.3) is 11.8 Å². The molecule has 27 heavy (non-hydrogen) atoms. The summed E-state index contributed by atoms with van der Waals surface area (Å²) in [5, 5.41) is 5.73. The molecule has 2 aromatic carbocycles. The fourth-order valence-electron chi connectivity index (χ4n) is 2.60. The third kappa shape index (κ3) is 5.58. The molecule has 0 saturated heterocycles. The molecular weight excluding hydrogens is 340 g/mol. The van der Waals surface area contributed by atoms with E-state index in [2.05, 4.69) is 10.6 Å². The van der Waals surface area contributed by atoms with Crippen LogP contribution in [0.25, 0.3) is 0 Å². The molecule has 0 fully saturated rings. The van der Waals surface area contributed by atoms with E-state index in [4.69, 9.17) is 4.74 Å². The van der Waals surface area contributed by atoms with Crippen LogP contribution in [0, 0.1) is 13.8 Å². The van der Waals surface area contributed by atoms with E-state index in [9.17, 15) is 9.59 Å². The molecule has 0 unspecified atom stereocenters. The molecule has 0 aliphatic heterocycles. The molecule has 2 rings (SSSR count). The van der Waals surface area contributed by atoms with Crippen molar-refractivity contribution in [3.63, 3.8) is 0 Å². The molecule has 0 radical (unpaired) electrons. The Balaban J connectivity index is 2.09. The second-order valence-corrected chi connectivity index (χ2v) is 6.85. The number of carbonyl (C=O) groups is 2. The summed E-state index contributed by atoms with van der Waals surface area (Å²) in [6.07, 6.45) is 0.137. The Kier molecular flexibility index (Phi) is 6.99. The van der Waals surface area contributed by atoms with E-state index in [0.717, 1.165) is 17.5 Å². The van der Waals surface area contributed by atoms with Gasteiger partial charge < -0.3 is 15.4 Å². The first-order valence-corrected chi connectivity index (χ1v) is 9.26. The van der Waals surface area contributed by atoms with Gasteiger partial charge in [0, 0.05) is 6.04 Å². The quantitative estimate of drug-likeness (QED) is 0.768. The van der Waals surface area contributed by atoms with Crippen molar-refractivity contribution in [2.75, 3.05) is 5.32 Å². The summed E-state index contributed by atoms with van der Waals surface area (Å²) in [6.45, 7) is 9.59. The molecule has 0 heterocycles. The lowest BCUT2D eigenvalue weighted by molar-refractivity contribution is -0.122. The van der Waals surface area contributed by atoms with Gasteiger partial charge in [0.15, 0.2) is 6.10 Å². The predicted octanol–water partition coefficient (Wildman–Crippen LogP) is 4.24. The molecule has 2 N–H and O–H groups in total. The van der Waals surface area contributed by atoms with Crippen molar-refractivity contribution in [3.05, 3.63) is 59.2 Å². The molecule has 0 aromatic heterocycles. The van der Waals surface area contributed by atoms with Crippen molar-refractivity contribution in [3.8, 4) is 5.75 Å². The third-order valence-electron chi connectivity index (χ3n) is 4.42. The smallest absolute Gasteiger partial charge is 0.265 e. The van der Waals surface area contributed by atoms with Gasteiger partial charge in [-0.2, -0.15) is 0 Å². The molecule has 0 spiro atoms. The van der Waals surface area contributed by atoms with E-state index in [1.54, 1.807) is 31.2 Å². The summed E-state index contributed by atoms with van der Waals surface area (Å²) in [4.78, 5) is 25.0. The van der Waals surface area contributed by atoms with E-state index in [1.807, 2.05) is 45.9 Å². The van der Waals surface area contributed by atoms with Gasteiger partial charge in [-0.25, -0.2) is 0 Å². The second-order valence-electron chi connectivity index (χ2n) is 6.85. The number of para-hydroxylation sites is 1. The van der Waals surface area contributed by atoms with Crippen molar-refractivity contribution >= 4 is 17.5 Å². The van der Waals surface area contributed by atoms with Gasteiger partial charge in [-0.3, -0.25) is 9.59 Å². The number of nitrogens with one attached hydrogen (secondary N) is 2. The Morgan fingerprint density at radius 3 is 2.44 bits per heavy atom. The predicted molar refractivity (Wildman–Crippen MR) is 108 cm³/mol. The molecule has 0 aliphatic rings. The number of hydrogen-bond acceptors (Lipinski definition) is 3. The number of hydrogen-bond donors (Lipinski definition) is 2. The summed E-state index contributed by atoms with van der Waals surface area (Å²) >= 11 is 0. The minimum absolute atomic E-state index is 0.0630. The Bertz CT molecular complexity index is 817. The molecule has 5 nitrogen and oxygen atoms in total. The number of benzene rings is 2. The molecule has 2 atom stereocenters. The van der Waals surface area contributed by atoms with Gasteiger partial charge in [0.1, 0.15) is 5.75 Å². The van der Waals surface area contributed by atoms with Crippen LogP contribution in [0.1, 0.15) is 48.7 Å². The molecule has 2 aromatic rings. The molecule has 2 amide bonds. The number of anilines is 1. The normalized spacial score (nSPS) is 12.8. The lowest BCUT2D eigenvalue weighted by atomic mass is 10.1. The van der Waals surface area contributed by atoms with Crippen LogP contribution >= 0.6 is 0 Å². The van der Waals surface area contributed by atoms with E-state index in [1.165, 1.54) is 0 Å². The first-order chi connectivity index (χ1) is 12.8. The van der Waals surface area contributed by atoms with Crippen molar-refractivity contribution in [2.24, 2.45) is 0 Å². The van der Waals surface area contributed by atoms with Crippen molar-refractivity contribution < 1.29 is 14.3 Å². The molecule has 0 aliphatic carbocycles. The highest BCUT2D eigenvalue weighted by Gasteiger charge is 2.19. The first kappa shape index (κ1) is 20.5. The minimum Gasteiger partial charge on any atom is -0.481 e. The molecule has 0 bridgehead atoms. The van der Waals surface area contributed by atoms with Crippen LogP contribution in [-0.2, 0) is 4.79 Å². The average Bonchev–Trinajstić information content (AvgIpc) is 2.64. The van der Waals surface area contributed by atoms with Crippen LogP contribution in [-0.4, -0.2) is 24.0 Å². The zero-order valence-corrected chi connectivity index (χ0v) is 16.6. The highest BCUT2D eigenvalue weighted by atomic mass is 16.5. The maximum absolute atomic E-state index is 12.6. The fraction of sp³-hybridized carbons (Fsp3) is 0.364. The number of aryl methyl sites for hydroxylation is 2. The maximum Gasteiger partial charge on any atom is 0.265 e. The van der Waals surface area contributed by atoms with Crippen LogP contribution in [0.3, 0.4) is 0 Å². The van der Waals surface area contributed by atoms with Crippen LogP contribution in [0.2, 0.25) is 0 Å². The zero-order chi connectivity index (χ0) is 20.0. The van der Waals surface area contributed by atoms with Gasteiger partial charge in [0.05, 0.1) is 11.3 Å². The van der Waals surface area contributed by atoms with Gasteiger partial charge >= 0.3 is 0 Å². The SMILES string of the molecule is CC[C@@H](C)NC(=O)c1ccccc1NC(=O)[C@H](C)Oc1ccc(C)cc1C. The van der Waals surface area contributed by atoms with Gasteiger partial charge in [-0.05, 0) is 57.9 Å². The topological polar surface area (TPSA) is 67.4 Å². The molecular formula is C22H28N2O3. The minimum atomic E-state index is -0.697. The van der Waals surface area contributed by atoms with Crippen molar-refractivity contribution in [2.45, 2.75) is 53.2 Å². The Hall–Kier alpha value is -2.82. The average molecular weight is 368 g/mol. The highest BCUT2D eigenvalue weighted by Crippen LogP contribution is 2.21. The van der Waals surface area contributed by atoms with Gasteiger partial charge in [-0.15, -0.1) is 0 Å². The third-order valence-corrected chi connectivity index (χ3v) is 4.42. The number of amides is 2. The summed E-state index contributed by atoms with van der Waals surface area (Å²) in [5.41, 5.74) is 3.02. The number of ether oxygens (including phenoxy) is 1. The molecule has 0 saturated carbocycles.